The minimum absolute atomic E-state index is 0.401. The number of aromatic carboxylic acids is 1. The molecule has 0 amide bonds. The second-order valence-electron chi connectivity index (χ2n) is 4.55. The van der Waals surface area contributed by atoms with Gasteiger partial charge in [-0.25, -0.2) is 9.78 Å². The number of nitrogens with zero attached hydrogens (tertiary/aromatic N) is 2. The van der Waals surface area contributed by atoms with Gasteiger partial charge in [0.1, 0.15) is 5.82 Å². The van der Waals surface area contributed by atoms with Crippen LogP contribution in [-0.4, -0.2) is 22.6 Å². The van der Waals surface area contributed by atoms with Crippen molar-refractivity contribution >= 4 is 17.5 Å². The average Bonchev–Trinajstić information content (AvgIpc) is 2.46. The maximum absolute atomic E-state index is 11.3. The largest absolute Gasteiger partial charge is 0.478 e. The molecule has 0 spiro atoms. The van der Waals surface area contributed by atoms with E-state index in [2.05, 4.69) is 9.88 Å². The summed E-state index contributed by atoms with van der Waals surface area (Å²) in [6.45, 7) is 0.868. The normalized spacial score (nSPS) is 14.0. The van der Waals surface area contributed by atoms with Crippen molar-refractivity contribution in [3.05, 3.63) is 53.7 Å². The van der Waals surface area contributed by atoms with E-state index in [1.165, 1.54) is 0 Å². The van der Waals surface area contributed by atoms with Crippen LogP contribution >= 0.6 is 0 Å². The van der Waals surface area contributed by atoms with Gasteiger partial charge in [-0.15, -0.1) is 0 Å². The van der Waals surface area contributed by atoms with Crippen molar-refractivity contribution in [2.24, 2.45) is 0 Å². The number of hydrogen-bond donors (Lipinski definition) is 1. The smallest absolute Gasteiger partial charge is 0.336 e. The van der Waals surface area contributed by atoms with E-state index in [4.69, 9.17) is 0 Å². The number of carboxylic acid groups (broad SMARTS) is 1. The van der Waals surface area contributed by atoms with Crippen LogP contribution in [0.4, 0.5) is 11.5 Å². The lowest BCUT2D eigenvalue weighted by Gasteiger charge is -2.31. The molecule has 0 atom stereocenters. The molecule has 1 aromatic heterocycles. The summed E-state index contributed by atoms with van der Waals surface area (Å²) in [6.07, 6.45) is 3.50. The second-order valence-corrected chi connectivity index (χ2v) is 4.55. The van der Waals surface area contributed by atoms with Crippen LogP contribution in [0.2, 0.25) is 0 Å². The highest BCUT2D eigenvalue weighted by atomic mass is 16.4. The molecule has 4 nitrogen and oxygen atoms in total. The van der Waals surface area contributed by atoms with Crippen molar-refractivity contribution in [3.63, 3.8) is 0 Å². The molecule has 2 aromatic rings. The quantitative estimate of drug-likeness (QED) is 0.895. The Morgan fingerprint density at radius 2 is 2.11 bits per heavy atom. The van der Waals surface area contributed by atoms with Gasteiger partial charge in [-0.3, -0.25) is 0 Å². The van der Waals surface area contributed by atoms with Crippen molar-refractivity contribution < 1.29 is 9.90 Å². The number of anilines is 2. The molecular weight excluding hydrogens is 240 g/mol. The SMILES string of the molecule is O=C(O)c1cccc2c1CCCN2c1ccccn1. The molecule has 1 N–H and O–H groups in total. The maximum atomic E-state index is 11.3. The fourth-order valence-electron chi connectivity index (χ4n) is 2.58. The average molecular weight is 254 g/mol. The van der Waals surface area contributed by atoms with Gasteiger partial charge in [-0.05, 0) is 42.7 Å². The molecule has 0 bridgehead atoms. The number of fused-ring (bicyclic) bond motifs is 1. The summed E-state index contributed by atoms with van der Waals surface area (Å²) >= 11 is 0. The van der Waals surface area contributed by atoms with Gasteiger partial charge in [0.2, 0.25) is 0 Å². The van der Waals surface area contributed by atoms with E-state index >= 15 is 0 Å². The summed E-state index contributed by atoms with van der Waals surface area (Å²) in [5, 5.41) is 9.26. The molecule has 4 heteroatoms. The zero-order valence-electron chi connectivity index (χ0n) is 10.4. The van der Waals surface area contributed by atoms with Crippen LogP contribution < -0.4 is 4.90 Å². The van der Waals surface area contributed by atoms with Crippen LogP contribution in [0.1, 0.15) is 22.3 Å². The molecule has 0 fully saturated rings. The Bertz CT molecular complexity index is 611. The molecule has 3 rings (SSSR count). The highest BCUT2D eigenvalue weighted by Crippen LogP contribution is 2.34. The van der Waals surface area contributed by atoms with Crippen LogP contribution in [0.5, 0.6) is 0 Å². The van der Waals surface area contributed by atoms with Gasteiger partial charge in [0.25, 0.3) is 0 Å². The second kappa shape index (κ2) is 4.72. The van der Waals surface area contributed by atoms with Crippen LogP contribution in [0.15, 0.2) is 42.6 Å². The predicted octanol–water partition coefficient (Wildman–Crippen LogP) is 2.86. The van der Waals surface area contributed by atoms with E-state index in [-0.39, 0.29) is 0 Å². The van der Waals surface area contributed by atoms with Crippen LogP contribution in [0.25, 0.3) is 0 Å². The topological polar surface area (TPSA) is 53.4 Å². The number of carbonyl (C=O) groups is 1. The number of aromatic nitrogens is 1. The summed E-state index contributed by atoms with van der Waals surface area (Å²) < 4.78 is 0. The lowest BCUT2D eigenvalue weighted by Crippen LogP contribution is -2.26. The van der Waals surface area contributed by atoms with E-state index in [1.54, 1.807) is 18.3 Å². The zero-order valence-corrected chi connectivity index (χ0v) is 10.4. The molecule has 0 unspecified atom stereocenters. The van der Waals surface area contributed by atoms with E-state index < -0.39 is 5.97 Å². The number of carboxylic acids is 1. The molecule has 0 aliphatic carbocycles. The van der Waals surface area contributed by atoms with Gasteiger partial charge < -0.3 is 10.0 Å². The third-order valence-electron chi connectivity index (χ3n) is 3.41. The van der Waals surface area contributed by atoms with Crippen LogP contribution in [0.3, 0.4) is 0 Å². The fourth-order valence-corrected chi connectivity index (χ4v) is 2.58. The predicted molar refractivity (Wildman–Crippen MR) is 73.0 cm³/mol. The first-order valence-electron chi connectivity index (χ1n) is 6.31. The molecule has 0 saturated heterocycles. The molecule has 1 aromatic carbocycles. The number of rotatable bonds is 2. The highest BCUT2D eigenvalue weighted by molar-refractivity contribution is 5.92. The molecule has 2 heterocycles. The molecule has 1 aliphatic heterocycles. The van der Waals surface area contributed by atoms with Gasteiger partial charge >= 0.3 is 5.97 Å². The Kier molecular flexibility index (Phi) is 2.91. The highest BCUT2D eigenvalue weighted by Gasteiger charge is 2.23. The molecular formula is C15H14N2O2. The lowest BCUT2D eigenvalue weighted by molar-refractivity contribution is 0.0695. The summed E-state index contributed by atoms with van der Waals surface area (Å²) in [5.74, 6) is 0.00529. The fraction of sp³-hybridized carbons (Fsp3) is 0.200. The number of pyridine rings is 1. The molecule has 96 valence electrons. The Labute approximate surface area is 111 Å². The molecule has 0 saturated carbocycles. The summed E-state index contributed by atoms with van der Waals surface area (Å²) in [5.41, 5.74) is 2.27. The molecule has 1 aliphatic rings. The Hall–Kier alpha value is -2.36. The van der Waals surface area contributed by atoms with Gasteiger partial charge in [0.15, 0.2) is 0 Å². The first kappa shape index (κ1) is 11.7. The third-order valence-corrected chi connectivity index (χ3v) is 3.41. The van der Waals surface area contributed by atoms with Gasteiger partial charge in [0.05, 0.1) is 5.56 Å². The monoisotopic (exact) mass is 254 g/mol. The lowest BCUT2D eigenvalue weighted by atomic mass is 9.96. The Morgan fingerprint density at radius 3 is 2.84 bits per heavy atom. The summed E-state index contributed by atoms with van der Waals surface area (Å²) in [4.78, 5) is 17.7. The molecule has 19 heavy (non-hydrogen) atoms. The minimum atomic E-state index is -0.861. The zero-order chi connectivity index (χ0) is 13.2. The summed E-state index contributed by atoms with van der Waals surface area (Å²) in [6, 6.07) is 11.2. The van der Waals surface area contributed by atoms with Gasteiger partial charge in [-0.2, -0.15) is 0 Å². The van der Waals surface area contributed by atoms with E-state index in [9.17, 15) is 9.90 Å². The maximum Gasteiger partial charge on any atom is 0.336 e. The first-order valence-corrected chi connectivity index (χ1v) is 6.31. The van der Waals surface area contributed by atoms with E-state index in [0.29, 0.717) is 5.56 Å². The van der Waals surface area contributed by atoms with Crippen molar-refractivity contribution in [2.75, 3.05) is 11.4 Å². The van der Waals surface area contributed by atoms with E-state index in [1.807, 2.05) is 24.3 Å². The summed E-state index contributed by atoms with van der Waals surface area (Å²) in [7, 11) is 0. The van der Waals surface area contributed by atoms with Crippen molar-refractivity contribution in [1.29, 1.82) is 0 Å². The number of benzene rings is 1. The first-order chi connectivity index (χ1) is 9.27. The van der Waals surface area contributed by atoms with E-state index in [0.717, 1.165) is 36.5 Å². The van der Waals surface area contributed by atoms with Crippen molar-refractivity contribution in [3.8, 4) is 0 Å². The van der Waals surface area contributed by atoms with Gasteiger partial charge in [0, 0.05) is 18.4 Å². The van der Waals surface area contributed by atoms with Crippen molar-refractivity contribution in [1.82, 2.24) is 4.98 Å². The Morgan fingerprint density at radius 1 is 1.21 bits per heavy atom. The Balaban J connectivity index is 2.11. The standard InChI is InChI=1S/C15H14N2O2/c18-15(19)12-5-3-7-13-11(12)6-4-10-17(13)14-8-1-2-9-16-14/h1-3,5,7-9H,4,6,10H2,(H,18,19). The van der Waals surface area contributed by atoms with Gasteiger partial charge in [-0.1, -0.05) is 12.1 Å². The van der Waals surface area contributed by atoms with Crippen LogP contribution in [-0.2, 0) is 6.42 Å². The minimum Gasteiger partial charge on any atom is -0.478 e. The third kappa shape index (κ3) is 2.05. The van der Waals surface area contributed by atoms with Crippen molar-refractivity contribution in [2.45, 2.75) is 12.8 Å². The van der Waals surface area contributed by atoms with Crippen LogP contribution in [0, 0.1) is 0 Å². The number of hydrogen-bond acceptors (Lipinski definition) is 3. The molecule has 0 radical (unpaired) electrons.